The maximum atomic E-state index is 12.2. The predicted molar refractivity (Wildman–Crippen MR) is 162 cm³/mol. The summed E-state index contributed by atoms with van der Waals surface area (Å²) in [6.07, 6.45) is 0. The van der Waals surface area contributed by atoms with Crippen LogP contribution in [-0.2, 0) is 40.5 Å². The maximum absolute atomic E-state index is 12.2. The number of aromatic hydroxyl groups is 1. The second-order valence-electron chi connectivity index (χ2n) is 9.41. The number of hydrogen-bond donors (Lipinski definition) is 6. The number of anilines is 1. The lowest BCUT2D eigenvalue weighted by Crippen LogP contribution is -2.04. The summed E-state index contributed by atoms with van der Waals surface area (Å²) in [7, 11) is -18.5. The van der Waals surface area contributed by atoms with E-state index in [4.69, 9.17) is 10.5 Å². The van der Waals surface area contributed by atoms with Gasteiger partial charge in [0, 0.05) is 17.5 Å². The Morgan fingerprint density at radius 3 is 1.72 bits per heavy atom. The highest BCUT2D eigenvalue weighted by Gasteiger charge is 2.24. The number of phenols is 1. The molecule has 0 spiro atoms. The van der Waals surface area contributed by atoms with Crippen molar-refractivity contribution in [1.82, 2.24) is 0 Å². The number of nitrogen functional groups attached to an aromatic ring is 1. The highest BCUT2D eigenvalue weighted by atomic mass is 32.2. The highest BCUT2D eigenvalue weighted by molar-refractivity contribution is 7.87. The average Bonchev–Trinajstić information content (AvgIpc) is 2.93. The van der Waals surface area contributed by atoms with E-state index in [1.54, 1.807) is 0 Å². The van der Waals surface area contributed by atoms with E-state index in [9.17, 15) is 57.0 Å². The molecule has 0 fully saturated rings. The summed E-state index contributed by atoms with van der Waals surface area (Å²) in [5, 5.41) is 24.9. The number of methoxy groups -OCH3 is 1. The fourth-order valence-corrected chi connectivity index (χ4v) is 6.44. The largest absolute Gasteiger partial charge is 0.507 e. The number of nitrogens with zero attached hydrogens (tertiary/aromatic N) is 4. The highest BCUT2D eigenvalue weighted by Crippen LogP contribution is 2.43. The predicted octanol–water partition coefficient (Wildman–Crippen LogP) is 4.26. The van der Waals surface area contributed by atoms with E-state index in [2.05, 4.69) is 20.5 Å². The first kappa shape index (κ1) is 35.2. The third kappa shape index (κ3) is 7.52. The molecule has 0 aliphatic carbocycles. The number of rotatable bonds is 9. The van der Waals surface area contributed by atoms with Gasteiger partial charge in [-0.2, -0.15) is 38.8 Å². The molecule has 0 aliphatic heterocycles. The van der Waals surface area contributed by atoms with Gasteiger partial charge in [0.2, 0.25) is 0 Å². The summed E-state index contributed by atoms with van der Waals surface area (Å²) in [6.45, 7) is 1.48. The molecule has 19 nitrogen and oxygen atoms in total. The van der Waals surface area contributed by atoms with Crippen LogP contribution in [0.25, 0.3) is 10.8 Å². The molecular formula is C24H21N5O14S4. The van der Waals surface area contributed by atoms with Crippen molar-refractivity contribution in [2.24, 2.45) is 20.5 Å². The van der Waals surface area contributed by atoms with Gasteiger partial charge in [-0.05, 0) is 48.9 Å². The van der Waals surface area contributed by atoms with Gasteiger partial charge in [-0.1, -0.05) is 0 Å². The van der Waals surface area contributed by atoms with Gasteiger partial charge in [0.05, 0.1) is 33.7 Å². The van der Waals surface area contributed by atoms with Gasteiger partial charge in [0.1, 0.15) is 38.4 Å². The van der Waals surface area contributed by atoms with E-state index in [0.717, 1.165) is 12.1 Å². The van der Waals surface area contributed by atoms with Crippen LogP contribution in [0.15, 0.2) is 88.6 Å². The fourth-order valence-electron chi connectivity index (χ4n) is 4.11. The normalized spacial score (nSPS) is 13.1. The molecule has 23 heteroatoms. The Morgan fingerprint density at radius 2 is 1.17 bits per heavy atom. The first-order valence-corrected chi connectivity index (χ1v) is 17.9. The van der Waals surface area contributed by atoms with Crippen molar-refractivity contribution in [1.29, 1.82) is 0 Å². The fraction of sp³-hybridized carbons (Fsp3) is 0.0833. The van der Waals surface area contributed by atoms with Crippen LogP contribution >= 0.6 is 0 Å². The third-order valence-corrected chi connectivity index (χ3v) is 9.76. The standard InChI is InChI=1S/C24H21N5O14S4/c1-11-5-16(20(43-2)9-15(11)26-28-17-7-12(44(31,32)33)3-4-21(17)46(37,38)39)27-29-18-10-22(47(40,41)42)14-6-13(45(34,35)36)8-19(30)23(14)24(18)25/h3-10,30H,25H2,1-2H3,(H,31,32,33)(H,34,35,36)(H,37,38,39)(H,40,41,42). The third-order valence-electron chi connectivity index (χ3n) is 6.28. The molecule has 0 radical (unpaired) electrons. The van der Waals surface area contributed by atoms with Gasteiger partial charge in [0.25, 0.3) is 40.5 Å². The molecule has 0 atom stereocenters. The summed E-state index contributed by atoms with van der Waals surface area (Å²) < 4.78 is 137. The first-order valence-electron chi connectivity index (χ1n) is 12.2. The zero-order valence-corrected chi connectivity index (χ0v) is 26.8. The van der Waals surface area contributed by atoms with Crippen molar-refractivity contribution in [3.63, 3.8) is 0 Å². The van der Waals surface area contributed by atoms with Crippen molar-refractivity contribution in [3.8, 4) is 11.5 Å². The minimum atomic E-state index is -5.10. The van der Waals surface area contributed by atoms with E-state index in [-0.39, 0.29) is 22.7 Å². The summed E-state index contributed by atoms with van der Waals surface area (Å²) in [6, 6.07) is 6.65. The summed E-state index contributed by atoms with van der Waals surface area (Å²) >= 11 is 0. The quantitative estimate of drug-likeness (QED) is 0.0795. The molecule has 47 heavy (non-hydrogen) atoms. The average molecular weight is 732 g/mol. The van der Waals surface area contributed by atoms with Crippen molar-refractivity contribution in [2.45, 2.75) is 26.5 Å². The maximum Gasteiger partial charge on any atom is 0.296 e. The Kier molecular flexibility index (Phi) is 9.14. The molecule has 250 valence electrons. The lowest BCUT2D eigenvalue weighted by molar-refractivity contribution is 0.416. The van der Waals surface area contributed by atoms with Crippen LogP contribution in [0, 0.1) is 6.92 Å². The Balaban J connectivity index is 1.83. The molecule has 0 saturated heterocycles. The van der Waals surface area contributed by atoms with E-state index in [1.165, 1.54) is 26.2 Å². The molecule has 0 saturated carbocycles. The number of phenolic OH excluding ortho intramolecular Hbond substituents is 1. The van der Waals surface area contributed by atoms with Crippen LogP contribution in [-0.4, -0.2) is 64.1 Å². The number of azo groups is 2. The van der Waals surface area contributed by atoms with Crippen LogP contribution in [0.4, 0.5) is 28.4 Å². The van der Waals surface area contributed by atoms with Gasteiger partial charge < -0.3 is 15.6 Å². The molecular weight excluding hydrogens is 711 g/mol. The van der Waals surface area contributed by atoms with Crippen LogP contribution in [0.5, 0.6) is 11.5 Å². The van der Waals surface area contributed by atoms with Crippen LogP contribution in [0.3, 0.4) is 0 Å². The van der Waals surface area contributed by atoms with Crippen LogP contribution in [0.1, 0.15) is 5.56 Å². The molecule has 0 aliphatic rings. The Morgan fingerprint density at radius 1 is 0.617 bits per heavy atom. The number of fused-ring (bicyclic) bond motifs is 1. The number of aryl methyl sites for hydroxylation is 1. The van der Waals surface area contributed by atoms with Crippen molar-refractivity contribution in [3.05, 3.63) is 54.1 Å². The molecule has 7 N–H and O–H groups in total. The summed E-state index contributed by atoms with van der Waals surface area (Å²) in [5.74, 6) is -0.929. The second kappa shape index (κ2) is 12.2. The molecule has 0 amide bonds. The lowest BCUT2D eigenvalue weighted by atomic mass is 10.1. The first-order chi connectivity index (χ1) is 21.5. The van der Waals surface area contributed by atoms with Crippen molar-refractivity contribution >= 4 is 79.7 Å². The SMILES string of the molecule is COc1cc(N=Nc2cc(S(=O)(=O)O)ccc2S(=O)(=O)O)c(C)cc1N=Nc1cc(S(=O)(=O)O)c2cc(S(=O)(=O)O)cc(O)c2c1N. The lowest BCUT2D eigenvalue weighted by Gasteiger charge is -2.12. The van der Waals surface area contributed by atoms with E-state index < -0.39 is 93.6 Å². The number of benzene rings is 4. The smallest absolute Gasteiger partial charge is 0.296 e. The van der Waals surface area contributed by atoms with Gasteiger partial charge in [-0.15, -0.1) is 15.3 Å². The van der Waals surface area contributed by atoms with Crippen LogP contribution in [0.2, 0.25) is 0 Å². The van der Waals surface area contributed by atoms with E-state index in [0.29, 0.717) is 24.3 Å². The number of nitrogens with two attached hydrogens (primary N) is 1. The molecule has 4 aromatic carbocycles. The Labute approximate surface area is 266 Å². The Hall–Kier alpha value is -4.62. The zero-order valence-electron chi connectivity index (χ0n) is 23.5. The monoisotopic (exact) mass is 731 g/mol. The molecule has 0 aromatic heterocycles. The van der Waals surface area contributed by atoms with E-state index in [1.807, 2.05) is 0 Å². The van der Waals surface area contributed by atoms with Crippen molar-refractivity contribution in [2.75, 3.05) is 12.8 Å². The Bertz CT molecular complexity index is 2480. The molecule has 0 bridgehead atoms. The molecule has 0 unspecified atom stereocenters. The molecule has 0 heterocycles. The number of hydrogen-bond acceptors (Lipinski definition) is 15. The summed E-state index contributed by atoms with van der Waals surface area (Å²) in [5.41, 5.74) is 4.88. The van der Waals surface area contributed by atoms with E-state index >= 15 is 0 Å². The minimum Gasteiger partial charge on any atom is -0.507 e. The van der Waals surface area contributed by atoms with Gasteiger partial charge >= 0.3 is 0 Å². The topological polar surface area (TPSA) is 322 Å². The second-order valence-corrected chi connectivity index (χ2v) is 15.0. The van der Waals surface area contributed by atoms with Gasteiger partial charge in [-0.3, -0.25) is 18.2 Å². The van der Waals surface area contributed by atoms with Gasteiger partial charge in [-0.25, -0.2) is 0 Å². The molecule has 4 rings (SSSR count). The van der Waals surface area contributed by atoms with Crippen LogP contribution < -0.4 is 10.5 Å². The van der Waals surface area contributed by atoms with Gasteiger partial charge in [0.15, 0.2) is 0 Å². The number of ether oxygens (including phenoxy) is 1. The minimum absolute atomic E-state index is 0.0118. The summed E-state index contributed by atoms with van der Waals surface area (Å²) in [4.78, 5) is -3.38. The zero-order chi connectivity index (χ0) is 35.3. The molecule has 4 aromatic rings. The van der Waals surface area contributed by atoms with Crippen molar-refractivity contribution < 1.29 is 61.7 Å².